The monoisotopic (exact) mass is 712 g/mol. The number of oxime groups is 1. The molecular weight excluding hydrogens is 684 g/mol. The van der Waals surface area contributed by atoms with Gasteiger partial charge in [0.05, 0.1) is 24.9 Å². The number of anilines is 1. The molecule has 0 radical (unpaired) electrons. The number of nitrogens with two attached hydrogens (primary N) is 1. The highest BCUT2D eigenvalue weighted by atomic mass is 32.2. The van der Waals surface area contributed by atoms with Gasteiger partial charge in [0.1, 0.15) is 11.7 Å². The number of carboxylic acid groups (broad SMARTS) is 1. The number of aromatic nitrogens is 5. The second-order valence-electron chi connectivity index (χ2n) is 10.5. The zero-order chi connectivity index (χ0) is 35.7. The molecule has 48 heavy (non-hydrogen) atoms. The molecule has 22 nitrogen and oxygen atoms in total. The van der Waals surface area contributed by atoms with Crippen LogP contribution in [0.5, 0.6) is 5.75 Å². The maximum absolute atomic E-state index is 13.2. The molecule has 0 aromatic carbocycles. The van der Waals surface area contributed by atoms with Crippen LogP contribution in [0.15, 0.2) is 32.4 Å². The van der Waals surface area contributed by atoms with Gasteiger partial charge in [0.15, 0.2) is 22.4 Å². The number of nitrogens with zero attached hydrogens (tertiary/aromatic N) is 6. The minimum Gasteiger partial charge on any atom is -0.503 e. The van der Waals surface area contributed by atoms with Crippen molar-refractivity contribution in [1.82, 2.24) is 38.7 Å². The van der Waals surface area contributed by atoms with E-state index in [2.05, 4.69) is 25.5 Å². The van der Waals surface area contributed by atoms with E-state index in [1.807, 2.05) is 0 Å². The van der Waals surface area contributed by atoms with Gasteiger partial charge >= 0.3 is 27.9 Å². The molecular formula is C24H28N10O12S2. The number of carbonyl (C=O) groups is 4. The number of carboxylic acids is 1. The summed E-state index contributed by atoms with van der Waals surface area (Å²) in [6, 6.07) is -2.84. The maximum atomic E-state index is 13.2. The molecule has 1 aliphatic rings. The maximum Gasteiger partial charge on any atom is 0.362 e. The molecule has 1 unspecified atom stereocenters. The van der Waals surface area contributed by atoms with Crippen molar-refractivity contribution in [1.29, 1.82) is 0 Å². The summed E-state index contributed by atoms with van der Waals surface area (Å²) in [5.41, 5.74) is 0.812. The Labute approximate surface area is 272 Å². The zero-order valence-electron chi connectivity index (χ0n) is 25.4. The second kappa shape index (κ2) is 13.2. The van der Waals surface area contributed by atoms with Gasteiger partial charge in [0, 0.05) is 24.8 Å². The van der Waals surface area contributed by atoms with E-state index in [9.17, 15) is 47.4 Å². The van der Waals surface area contributed by atoms with Crippen molar-refractivity contribution in [2.45, 2.75) is 38.5 Å². The van der Waals surface area contributed by atoms with Gasteiger partial charge in [0.2, 0.25) is 11.0 Å². The third-order valence-corrected chi connectivity index (χ3v) is 8.35. The smallest absolute Gasteiger partial charge is 0.362 e. The molecule has 4 amide bonds. The number of likely N-dealkylation sites (tertiary alicyclic amines) is 1. The summed E-state index contributed by atoms with van der Waals surface area (Å²) in [6.45, 7) is 3.17. The van der Waals surface area contributed by atoms with E-state index in [-0.39, 0.29) is 33.0 Å². The summed E-state index contributed by atoms with van der Waals surface area (Å²) < 4.78 is 33.7. The van der Waals surface area contributed by atoms with Crippen LogP contribution in [0.3, 0.4) is 0 Å². The Morgan fingerprint density at radius 3 is 2.54 bits per heavy atom. The molecule has 7 N–H and O–H groups in total. The van der Waals surface area contributed by atoms with E-state index in [0.717, 1.165) is 42.0 Å². The molecule has 0 aliphatic carbocycles. The molecule has 2 atom stereocenters. The lowest BCUT2D eigenvalue weighted by molar-refractivity contribution is -0.161. The molecule has 0 spiro atoms. The number of aliphatic carboxylic acids is 1. The van der Waals surface area contributed by atoms with Gasteiger partial charge < -0.3 is 35.8 Å². The Bertz CT molecular complexity index is 2050. The number of ether oxygens (including phenoxy) is 1. The first-order valence-corrected chi connectivity index (χ1v) is 15.7. The van der Waals surface area contributed by atoms with Crippen LogP contribution >= 0.6 is 11.3 Å². The van der Waals surface area contributed by atoms with Crippen molar-refractivity contribution >= 4 is 56.2 Å². The Kier molecular flexibility index (Phi) is 9.72. The molecule has 24 heteroatoms. The van der Waals surface area contributed by atoms with E-state index in [1.54, 1.807) is 4.72 Å². The number of aromatic hydroxyl groups is 1. The van der Waals surface area contributed by atoms with Crippen LogP contribution in [0.2, 0.25) is 0 Å². The van der Waals surface area contributed by atoms with Crippen LogP contribution in [0.25, 0.3) is 11.5 Å². The van der Waals surface area contributed by atoms with Crippen LogP contribution in [-0.2, 0) is 34.2 Å². The fourth-order valence-electron chi connectivity index (χ4n) is 3.96. The van der Waals surface area contributed by atoms with Crippen molar-refractivity contribution in [2.24, 2.45) is 5.16 Å². The highest BCUT2D eigenvalue weighted by molar-refractivity contribution is 7.88. The number of H-pyrrole nitrogens is 1. The summed E-state index contributed by atoms with van der Waals surface area (Å²) in [7, 11) is -3.80. The number of pyridine rings is 1. The quantitative estimate of drug-likeness (QED) is 0.0657. The third kappa shape index (κ3) is 7.03. The average molecular weight is 713 g/mol. The fraction of sp³-hybridized carbons (Fsp3) is 0.375. The summed E-state index contributed by atoms with van der Waals surface area (Å²) in [5.74, 6) is -4.54. The Morgan fingerprint density at radius 2 is 1.98 bits per heavy atom. The van der Waals surface area contributed by atoms with Crippen molar-refractivity contribution in [3.05, 3.63) is 44.0 Å². The predicted molar refractivity (Wildman–Crippen MR) is 163 cm³/mol. The van der Waals surface area contributed by atoms with Gasteiger partial charge in [-0.15, -0.1) is 16.4 Å². The fourth-order valence-corrected chi connectivity index (χ4v) is 5.40. The number of β-lactam (4-membered cyclic amide) rings is 1. The highest BCUT2D eigenvalue weighted by Crippen LogP contribution is 2.19. The van der Waals surface area contributed by atoms with Gasteiger partial charge in [-0.05, 0) is 20.8 Å². The van der Waals surface area contributed by atoms with Crippen LogP contribution in [0, 0.1) is 0 Å². The number of hydrogen-bond acceptors (Lipinski definition) is 16. The summed E-state index contributed by atoms with van der Waals surface area (Å²) >= 11 is 0.930. The molecule has 1 fully saturated rings. The first-order valence-electron chi connectivity index (χ1n) is 13.4. The molecule has 0 bridgehead atoms. The van der Waals surface area contributed by atoms with Crippen LogP contribution in [-0.4, -0.2) is 109 Å². The third-order valence-electron chi connectivity index (χ3n) is 6.55. The lowest BCUT2D eigenvalue weighted by Crippen LogP contribution is -2.68. The molecule has 0 saturated carbocycles. The number of amides is 4. The van der Waals surface area contributed by atoms with Crippen LogP contribution in [0.1, 0.15) is 32.5 Å². The highest BCUT2D eigenvalue weighted by Gasteiger charge is 2.44. The number of hydrogen-bond donors (Lipinski definition) is 6. The molecule has 258 valence electrons. The van der Waals surface area contributed by atoms with E-state index in [0.29, 0.717) is 4.90 Å². The lowest BCUT2D eigenvalue weighted by Gasteiger charge is -2.36. The lowest BCUT2D eigenvalue weighted by atomic mass is 10.1. The molecule has 1 saturated heterocycles. The van der Waals surface area contributed by atoms with Gasteiger partial charge in [-0.2, -0.15) is 8.42 Å². The molecule has 3 aromatic rings. The van der Waals surface area contributed by atoms with Gasteiger partial charge in [-0.3, -0.25) is 23.9 Å². The first-order chi connectivity index (χ1) is 22.4. The van der Waals surface area contributed by atoms with Crippen molar-refractivity contribution in [2.75, 3.05) is 26.0 Å². The normalized spacial score (nSPS) is 15.8. The largest absolute Gasteiger partial charge is 0.503 e. The van der Waals surface area contributed by atoms with Gasteiger partial charge in [-0.1, -0.05) is 9.24 Å². The number of urea groups is 1. The zero-order valence-corrected chi connectivity index (χ0v) is 27.0. The topological polar surface area (TPSA) is 313 Å². The Morgan fingerprint density at radius 1 is 1.29 bits per heavy atom. The number of carbonyl (C=O) groups excluding carboxylic acids is 3. The minimum absolute atomic E-state index is 0.0346. The minimum atomic E-state index is -5.12. The number of nitrogens with one attached hydrogen (secondary N) is 3. The van der Waals surface area contributed by atoms with Crippen LogP contribution in [0.4, 0.5) is 9.93 Å². The number of thiazole rings is 1. The average Bonchev–Trinajstić information content (AvgIpc) is 3.59. The SMILES string of the molecule is COCC(C)n1c(-c2cc(=O)c(O)c[nH]2)nn(S(=O)(=O)NC(=O)N2C[C@H](NC(=O)C(=NOC(C)(C)C(=O)O)c3csc(N)n3)C2=O)c1=O. The summed E-state index contributed by atoms with van der Waals surface area (Å²) in [5, 5.41) is 29.8. The van der Waals surface area contributed by atoms with Crippen LogP contribution < -0.4 is 26.9 Å². The van der Waals surface area contributed by atoms with Crippen molar-refractivity contribution in [3.8, 4) is 17.3 Å². The van der Waals surface area contributed by atoms with Crippen molar-refractivity contribution < 1.29 is 47.4 Å². The van der Waals surface area contributed by atoms with E-state index >= 15 is 0 Å². The number of aromatic amines is 1. The number of imide groups is 1. The van der Waals surface area contributed by atoms with E-state index < -0.39 is 80.8 Å². The number of nitrogen functional groups attached to an aromatic ring is 1. The Hall–Kier alpha value is -5.62. The number of rotatable bonds is 12. The van der Waals surface area contributed by atoms with E-state index in [4.69, 9.17) is 15.3 Å². The van der Waals surface area contributed by atoms with Gasteiger partial charge in [-0.25, -0.2) is 24.1 Å². The molecule has 1 aliphatic heterocycles. The second-order valence-corrected chi connectivity index (χ2v) is 12.9. The predicted octanol–water partition coefficient (Wildman–Crippen LogP) is -2.23. The summed E-state index contributed by atoms with van der Waals surface area (Å²) in [4.78, 5) is 87.0. The Balaban J connectivity index is 1.52. The molecule has 4 heterocycles. The summed E-state index contributed by atoms with van der Waals surface area (Å²) in [6.07, 6.45) is 0.901. The van der Waals surface area contributed by atoms with Gasteiger partial charge in [0.25, 0.3) is 11.8 Å². The standard InChI is InChI=1S/C24H28N10O12S2/c1-10(8-45-4)33-17(11-5-14(35)15(36)6-26-11)29-34(23(33)42)48(43,44)31-22(41)32-7-12(19(32)38)27-18(37)16(13-9-47-21(25)28-13)30-46-24(2,3)20(39)40/h5-6,9-10,12,36H,7-8H2,1-4H3,(H2,25,28)(H,26,35)(H,27,37)(H,31,41)(H,39,40)/t10?,12-/m0/s1. The molecule has 4 rings (SSSR count). The van der Waals surface area contributed by atoms with Crippen molar-refractivity contribution in [3.63, 3.8) is 0 Å². The molecule has 3 aromatic heterocycles. The first kappa shape index (κ1) is 35.2. The van der Waals surface area contributed by atoms with E-state index in [1.165, 1.54) is 19.4 Å². The number of methoxy groups -OCH3 is 1.